The minimum Gasteiger partial charge on any atom is -0.309 e. The molecule has 3 heteroatoms. The van der Waals surface area contributed by atoms with Gasteiger partial charge in [-0.2, -0.15) is 0 Å². The lowest BCUT2D eigenvalue weighted by molar-refractivity contribution is 1.17. The Morgan fingerprint density at radius 3 is 1.35 bits per heavy atom. The Morgan fingerprint density at radius 2 is 0.754 bits per heavy atom. The van der Waals surface area contributed by atoms with E-state index in [2.05, 4.69) is 228 Å². The maximum Gasteiger partial charge on any atom is 0.180 e. The Balaban J connectivity index is 1.04. The highest BCUT2D eigenvalue weighted by Gasteiger charge is 2.48. The molecule has 12 rings (SSSR count). The topological polar surface area (TPSA) is 9.86 Å². The number of fused-ring (bicyclic) bond motifs is 10. The van der Waals surface area contributed by atoms with Gasteiger partial charge >= 0.3 is 0 Å². The Labute approximate surface area is 332 Å². The van der Waals surface area contributed by atoms with Crippen LogP contribution in [0, 0.1) is 0 Å². The Kier molecular flexibility index (Phi) is 6.98. The van der Waals surface area contributed by atoms with Gasteiger partial charge in [0.15, 0.2) is 8.07 Å². The van der Waals surface area contributed by atoms with Crippen LogP contribution in [-0.4, -0.2) is 17.2 Å². The maximum atomic E-state index is 2.51. The standard InChI is InChI=1S/C54H36N2Si/c1-4-16-39(17-5-1)55-47-25-13-10-23-45(47)53-49(55)34-35-50-54(53)46-24-11-14-26-48(46)56(50)40-31-28-37(29-32-40)38-30-33-44-43-22-12-15-27-51(43)57(52(44)36-38,41-18-6-2-7-19-41)42-20-8-3-9-21-42/h1-36H. The van der Waals surface area contributed by atoms with Crippen LogP contribution in [0.4, 0.5) is 0 Å². The van der Waals surface area contributed by atoms with E-state index in [0.717, 1.165) is 5.69 Å². The van der Waals surface area contributed by atoms with Gasteiger partial charge in [-0.25, -0.2) is 0 Å². The molecule has 2 nitrogen and oxygen atoms in total. The predicted molar refractivity (Wildman–Crippen MR) is 243 cm³/mol. The van der Waals surface area contributed by atoms with Crippen molar-refractivity contribution in [1.29, 1.82) is 0 Å². The fourth-order valence-corrected chi connectivity index (χ4v) is 15.3. The SMILES string of the molecule is c1ccc(-n2c3ccccc3c3c4c5ccccc5n(-c5ccc(-c6ccc7c(c6)[Si](c6ccccc6)(c6ccccc6)c6ccccc6-7)cc5)c4ccc32)cc1. The zero-order valence-corrected chi connectivity index (χ0v) is 32.2. The maximum absolute atomic E-state index is 2.57. The molecule has 266 valence electrons. The van der Waals surface area contributed by atoms with Crippen LogP contribution in [0.2, 0.25) is 0 Å². The Hall–Kier alpha value is -7.20. The van der Waals surface area contributed by atoms with E-state index in [4.69, 9.17) is 0 Å². The lowest BCUT2D eigenvalue weighted by Gasteiger charge is -2.31. The smallest absolute Gasteiger partial charge is 0.180 e. The monoisotopic (exact) mass is 740 g/mol. The third-order valence-corrected chi connectivity index (χ3v) is 17.3. The summed E-state index contributed by atoms with van der Waals surface area (Å²) in [5.74, 6) is 0. The summed E-state index contributed by atoms with van der Waals surface area (Å²) < 4.78 is 4.86. The van der Waals surface area contributed by atoms with Crippen molar-refractivity contribution in [2.45, 2.75) is 0 Å². The summed E-state index contributed by atoms with van der Waals surface area (Å²) in [7, 11) is -2.57. The lowest BCUT2D eigenvalue weighted by Crippen LogP contribution is -2.72. The van der Waals surface area contributed by atoms with Crippen LogP contribution in [0.5, 0.6) is 0 Å². The molecule has 0 saturated heterocycles. The summed E-state index contributed by atoms with van der Waals surface area (Å²) in [6.07, 6.45) is 0. The van der Waals surface area contributed by atoms with Gasteiger partial charge in [0.1, 0.15) is 0 Å². The number of nitrogens with zero attached hydrogens (tertiary/aromatic N) is 2. The second-order valence-corrected chi connectivity index (χ2v) is 19.0. The molecule has 0 amide bonds. The molecular weight excluding hydrogens is 705 g/mol. The average molecular weight is 741 g/mol. The Bertz CT molecular complexity index is 3280. The van der Waals surface area contributed by atoms with Crippen LogP contribution in [0.25, 0.3) is 77.2 Å². The van der Waals surface area contributed by atoms with Gasteiger partial charge in [0.05, 0.1) is 22.1 Å². The molecule has 1 aliphatic rings. The molecule has 0 fully saturated rings. The third kappa shape index (κ3) is 4.52. The van der Waals surface area contributed by atoms with Crippen molar-refractivity contribution in [3.05, 3.63) is 218 Å². The molecule has 2 aromatic heterocycles. The molecule has 0 radical (unpaired) electrons. The van der Waals surface area contributed by atoms with Crippen LogP contribution in [0.1, 0.15) is 0 Å². The first kappa shape index (κ1) is 32.1. The lowest BCUT2D eigenvalue weighted by atomic mass is 10.0. The number of rotatable bonds is 5. The van der Waals surface area contributed by atoms with E-state index in [-0.39, 0.29) is 0 Å². The largest absolute Gasteiger partial charge is 0.309 e. The molecule has 0 aliphatic carbocycles. The van der Waals surface area contributed by atoms with Crippen molar-refractivity contribution in [3.63, 3.8) is 0 Å². The van der Waals surface area contributed by atoms with Crippen LogP contribution < -0.4 is 20.7 Å². The molecule has 0 N–H and O–H groups in total. The van der Waals surface area contributed by atoms with Gasteiger partial charge in [-0.05, 0) is 91.5 Å². The summed E-state index contributed by atoms with van der Waals surface area (Å²) in [5.41, 5.74) is 12.4. The van der Waals surface area contributed by atoms with Crippen molar-refractivity contribution in [2.75, 3.05) is 0 Å². The van der Waals surface area contributed by atoms with Crippen molar-refractivity contribution in [2.24, 2.45) is 0 Å². The summed E-state index contributed by atoms with van der Waals surface area (Å²) in [6.45, 7) is 0. The zero-order chi connectivity index (χ0) is 37.5. The normalized spacial score (nSPS) is 13.1. The summed E-state index contributed by atoms with van der Waals surface area (Å²) in [6, 6.07) is 81.2. The van der Waals surface area contributed by atoms with E-state index in [1.807, 2.05) is 0 Å². The highest BCUT2D eigenvalue weighted by molar-refractivity contribution is 7.22. The molecule has 57 heavy (non-hydrogen) atoms. The van der Waals surface area contributed by atoms with Gasteiger partial charge in [-0.1, -0.05) is 170 Å². The first-order valence-corrected chi connectivity index (χ1v) is 21.8. The molecule has 0 saturated carbocycles. The van der Waals surface area contributed by atoms with Crippen LogP contribution in [-0.2, 0) is 0 Å². The highest BCUT2D eigenvalue weighted by Crippen LogP contribution is 2.42. The second kappa shape index (κ2) is 12.4. The van der Waals surface area contributed by atoms with Gasteiger partial charge < -0.3 is 9.13 Å². The molecule has 9 aromatic carbocycles. The van der Waals surface area contributed by atoms with Gasteiger partial charge in [0, 0.05) is 32.9 Å². The predicted octanol–water partition coefficient (Wildman–Crippen LogP) is 10.9. The van der Waals surface area contributed by atoms with Crippen LogP contribution in [0.3, 0.4) is 0 Å². The summed E-state index contributed by atoms with van der Waals surface area (Å²) in [4.78, 5) is 0. The quantitative estimate of drug-likeness (QED) is 0.156. The first-order valence-electron chi connectivity index (χ1n) is 19.8. The van der Waals surface area contributed by atoms with E-state index in [9.17, 15) is 0 Å². The molecule has 1 aliphatic heterocycles. The van der Waals surface area contributed by atoms with Crippen molar-refractivity contribution < 1.29 is 0 Å². The third-order valence-electron chi connectivity index (χ3n) is 12.4. The van der Waals surface area contributed by atoms with Crippen LogP contribution in [0.15, 0.2) is 218 Å². The van der Waals surface area contributed by atoms with E-state index in [1.165, 1.54) is 92.3 Å². The highest BCUT2D eigenvalue weighted by atomic mass is 28.3. The van der Waals surface area contributed by atoms with Crippen molar-refractivity contribution in [3.8, 4) is 33.6 Å². The van der Waals surface area contributed by atoms with Gasteiger partial charge in [-0.3, -0.25) is 0 Å². The summed E-state index contributed by atoms with van der Waals surface area (Å²) >= 11 is 0. The molecule has 3 heterocycles. The first-order chi connectivity index (χ1) is 28.3. The zero-order valence-electron chi connectivity index (χ0n) is 31.2. The molecule has 0 bridgehead atoms. The number of hydrogen-bond acceptors (Lipinski definition) is 0. The minimum atomic E-state index is -2.57. The second-order valence-electron chi connectivity index (χ2n) is 15.2. The molecule has 0 spiro atoms. The van der Waals surface area contributed by atoms with Gasteiger partial charge in [-0.15, -0.1) is 0 Å². The van der Waals surface area contributed by atoms with E-state index in [0.29, 0.717) is 0 Å². The molecular formula is C54H36N2Si. The number of aromatic nitrogens is 2. The fraction of sp³-hybridized carbons (Fsp3) is 0. The van der Waals surface area contributed by atoms with Crippen LogP contribution >= 0.6 is 0 Å². The van der Waals surface area contributed by atoms with E-state index in [1.54, 1.807) is 0 Å². The molecule has 11 aromatic rings. The van der Waals surface area contributed by atoms with Gasteiger partial charge in [0.2, 0.25) is 0 Å². The number of benzene rings is 9. The van der Waals surface area contributed by atoms with E-state index >= 15 is 0 Å². The molecule has 0 atom stereocenters. The fourth-order valence-electron chi connectivity index (χ4n) is 10.1. The minimum absolute atomic E-state index is 1.15. The van der Waals surface area contributed by atoms with Gasteiger partial charge in [0.25, 0.3) is 0 Å². The van der Waals surface area contributed by atoms with E-state index < -0.39 is 8.07 Å². The Morgan fingerprint density at radius 1 is 0.298 bits per heavy atom. The number of hydrogen-bond donors (Lipinski definition) is 0. The van der Waals surface area contributed by atoms with Crippen molar-refractivity contribution in [1.82, 2.24) is 9.13 Å². The average Bonchev–Trinajstić information content (AvgIpc) is 3.91. The van der Waals surface area contributed by atoms with Crippen molar-refractivity contribution >= 4 is 72.4 Å². The number of para-hydroxylation sites is 3. The summed E-state index contributed by atoms with van der Waals surface area (Å²) in [5, 5.41) is 10.9. The molecule has 0 unspecified atom stereocenters.